The van der Waals surface area contributed by atoms with Gasteiger partial charge in [-0.25, -0.2) is 22.0 Å². The third-order valence-corrected chi connectivity index (χ3v) is 6.16. The molecule has 0 aromatic heterocycles. The highest BCUT2D eigenvalue weighted by Crippen LogP contribution is 2.47. The van der Waals surface area contributed by atoms with Crippen molar-refractivity contribution >= 4 is 15.8 Å². The number of rotatable bonds is 4. The van der Waals surface area contributed by atoms with E-state index in [-0.39, 0.29) is 11.3 Å². The molecular weight excluding hydrogens is 378 g/mol. The molecule has 1 saturated heterocycles. The Morgan fingerprint density at radius 3 is 2.11 bits per heavy atom. The number of hydrogen-bond donors (Lipinski definition) is 0. The number of ether oxygens (including phenoxy) is 2. The number of esters is 1. The first-order chi connectivity index (χ1) is 12.5. The van der Waals surface area contributed by atoms with Crippen molar-refractivity contribution in [3.05, 3.63) is 65.7 Å². The Morgan fingerprint density at radius 2 is 1.59 bits per heavy atom. The number of halogens is 2. The van der Waals surface area contributed by atoms with E-state index in [1.165, 1.54) is 26.0 Å². The molecule has 0 radical (unpaired) electrons. The lowest BCUT2D eigenvalue weighted by Crippen LogP contribution is -2.54. The summed E-state index contributed by atoms with van der Waals surface area (Å²) in [6.07, 6.45) is 0.967. The van der Waals surface area contributed by atoms with E-state index >= 15 is 0 Å². The molecule has 0 N–H and O–H groups in total. The largest absolute Gasteiger partial charge is 0.469 e. The molecule has 5 nitrogen and oxygen atoms in total. The Bertz CT molecular complexity index is 968. The highest BCUT2D eigenvalue weighted by molar-refractivity contribution is 7.91. The van der Waals surface area contributed by atoms with Gasteiger partial charge in [0.1, 0.15) is 23.0 Å². The third kappa shape index (κ3) is 3.29. The van der Waals surface area contributed by atoms with Gasteiger partial charge in [0, 0.05) is 30.0 Å². The predicted molar refractivity (Wildman–Crippen MR) is 93.9 cm³/mol. The molecule has 0 spiro atoms. The second-order valence-electron chi connectivity index (χ2n) is 7.01. The molecule has 27 heavy (non-hydrogen) atoms. The lowest BCUT2D eigenvalue weighted by atomic mass is 9.85. The molecule has 1 fully saturated rings. The number of carbonyl (C=O) groups excluding carboxylic acids is 1. The third-order valence-electron chi connectivity index (χ3n) is 4.41. The molecule has 1 aliphatic rings. The zero-order valence-electron chi connectivity index (χ0n) is 14.9. The number of sulfone groups is 1. The molecule has 0 saturated carbocycles. The molecule has 0 amide bonds. The minimum Gasteiger partial charge on any atom is -0.469 e. The Morgan fingerprint density at radius 1 is 1.04 bits per heavy atom. The van der Waals surface area contributed by atoms with E-state index in [0.29, 0.717) is 6.07 Å². The van der Waals surface area contributed by atoms with Crippen LogP contribution < -0.4 is 4.74 Å². The molecule has 2 atom stereocenters. The summed E-state index contributed by atoms with van der Waals surface area (Å²) in [6.45, 7) is 2.91. The monoisotopic (exact) mass is 396 g/mol. The van der Waals surface area contributed by atoms with Gasteiger partial charge in [-0.15, -0.1) is 0 Å². The first-order valence-electron chi connectivity index (χ1n) is 8.10. The fourth-order valence-electron chi connectivity index (χ4n) is 3.66. The zero-order valence-corrected chi connectivity index (χ0v) is 15.7. The summed E-state index contributed by atoms with van der Waals surface area (Å²) < 4.78 is 63.7. The van der Waals surface area contributed by atoms with E-state index in [0.717, 1.165) is 18.4 Å². The molecular formula is C19H18F2O5S. The van der Waals surface area contributed by atoms with Gasteiger partial charge in [-0.1, -0.05) is 30.3 Å². The molecule has 0 aliphatic carbocycles. The number of cyclic esters (lactones) is 1. The highest BCUT2D eigenvalue weighted by atomic mass is 32.2. The number of hydrogen-bond acceptors (Lipinski definition) is 5. The van der Waals surface area contributed by atoms with Gasteiger partial charge in [-0.05, 0) is 13.8 Å². The van der Waals surface area contributed by atoms with Crippen molar-refractivity contribution in [3.63, 3.8) is 0 Å². The van der Waals surface area contributed by atoms with Crippen molar-refractivity contribution in [2.75, 3.05) is 6.26 Å². The van der Waals surface area contributed by atoms with E-state index in [4.69, 9.17) is 9.47 Å². The van der Waals surface area contributed by atoms with Crippen LogP contribution in [0.25, 0.3) is 0 Å². The Kier molecular flexibility index (Phi) is 4.50. The number of benzene rings is 2. The predicted octanol–water partition coefficient (Wildman–Crippen LogP) is 2.99. The average Bonchev–Trinajstić information content (AvgIpc) is 2.73. The Labute approximate surface area is 155 Å². The molecule has 2 aromatic rings. The van der Waals surface area contributed by atoms with Gasteiger partial charge >= 0.3 is 5.97 Å². The first-order valence-corrected chi connectivity index (χ1v) is 10.1. The van der Waals surface area contributed by atoms with Crippen molar-refractivity contribution < 1.29 is 31.5 Å². The lowest BCUT2D eigenvalue weighted by molar-refractivity contribution is -0.156. The van der Waals surface area contributed by atoms with Crippen LogP contribution in [0, 0.1) is 11.6 Å². The maximum Gasteiger partial charge on any atom is 0.357 e. The maximum atomic E-state index is 13.7. The summed E-state index contributed by atoms with van der Waals surface area (Å²) in [5.41, 5.74) is -3.33. The van der Waals surface area contributed by atoms with Gasteiger partial charge < -0.3 is 9.47 Å². The summed E-state index contributed by atoms with van der Waals surface area (Å²) in [4.78, 5) is 12.9. The van der Waals surface area contributed by atoms with E-state index in [1.807, 2.05) is 0 Å². The van der Waals surface area contributed by atoms with Gasteiger partial charge in [-0.3, -0.25) is 0 Å². The quantitative estimate of drug-likeness (QED) is 0.743. The molecule has 2 unspecified atom stereocenters. The van der Waals surface area contributed by atoms with Gasteiger partial charge in [0.15, 0.2) is 15.1 Å². The highest BCUT2D eigenvalue weighted by Gasteiger charge is 2.68. The van der Waals surface area contributed by atoms with Crippen molar-refractivity contribution in [3.8, 4) is 5.75 Å². The normalized spacial score (nSPS) is 24.5. The van der Waals surface area contributed by atoms with Crippen LogP contribution in [-0.4, -0.2) is 31.5 Å². The van der Waals surface area contributed by atoms with Gasteiger partial charge in [0.2, 0.25) is 0 Å². The summed E-state index contributed by atoms with van der Waals surface area (Å²) in [6, 6.07) is 10.3. The second kappa shape index (κ2) is 6.30. The van der Waals surface area contributed by atoms with E-state index in [2.05, 4.69) is 0 Å². The first kappa shape index (κ1) is 19.3. The minimum absolute atomic E-state index is 0.209. The molecule has 0 bridgehead atoms. The van der Waals surface area contributed by atoms with Crippen LogP contribution in [-0.2, 0) is 25.0 Å². The van der Waals surface area contributed by atoms with Gasteiger partial charge in [0.25, 0.3) is 5.60 Å². The maximum absolute atomic E-state index is 13.7. The topological polar surface area (TPSA) is 69.7 Å². The van der Waals surface area contributed by atoms with Crippen molar-refractivity contribution in [1.29, 1.82) is 0 Å². The van der Waals surface area contributed by atoms with E-state index in [9.17, 15) is 22.0 Å². The van der Waals surface area contributed by atoms with Crippen LogP contribution in [0.4, 0.5) is 8.78 Å². The van der Waals surface area contributed by atoms with Crippen LogP contribution in [0.15, 0.2) is 48.5 Å². The van der Waals surface area contributed by atoms with Crippen LogP contribution in [0.3, 0.4) is 0 Å². The second-order valence-corrected chi connectivity index (χ2v) is 9.14. The molecule has 2 aromatic carbocycles. The molecule has 1 aliphatic heterocycles. The average molecular weight is 396 g/mol. The van der Waals surface area contributed by atoms with Crippen molar-refractivity contribution in [2.24, 2.45) is 0 Å². The lowest BCUT2D eigenvalue weighted by Gasteiger charge is -2.34. The summed E-state index contributed by atoms with van der Waals surface area (Å²) >= 11 is 0. The Balaban J connectivity index is 2.29. The SMILES string of the molecule is CC1(C)OC(=O)C(Oc2cc(F)cc(F)c2)(c2ccccc2)C1S(C)(=O)=O. The van der Waals surface area contributed by atoms with Gasteiger partial charge in [0.05, 0.1) is 0 Å². The Hall–Kier alpha value is -2.48. The summed E-state index contributed by atoms with van der Waals surface area (Å²) in [5.74, 6) is -3.11. The van der Waals surface area contributed by atoms with Crippen LogP contribution >= 0.6 is 0 Å². The van der Waals surface area contributed by atoms with E-state index < -0.39 is 43.9 Å². The molecule has 8 heteroatoms. The molecule has 1 heterocycles. The van der Waals surface area contributed by atoms with Crippen molar-refractivity contribution in [1.82, 2.24) is 0 Å². The van der Waals surface area contributed by atoms with Gasteiger partial charge in [-0.2, -0.15) is 0 Å². The smallest absolute Gasteiger partial charge is 0.357 e. The fourth-order valence-corrected chi connectivity index (χ4v) is 5.63. The van der Waals surface area contributed by atoms with Crippen LogP contribution in [0.5, 0.6) is 5.75 Å². The van der Waals surface area contributed by atoms with Crippen LogP contribution in [0.1, 0.15) is 19.4 Å². The van der Waals surface area contributed by atoms with Crippen molar-refractivity contribution in [2.45, 2.75) is 30.3 Å². The fraction of sp³-hybridized carbons (Fsp3) is 0.316. The summed E-state index contributed by atoms with van der Waals surface area (Å²) in [5, 5.41) is -1.45. The standard InChI is InChI=1S/C19H18F2O5S/c1-18(2)16(27(3,23)24)19(17(22)26-18,12-7-5-4-6-8-12)25-15-10-13(20)9-14(21)11-15/h4-11,16H,1-3H3. The molecule has 3 rings (SSSR count). The van der Waals surface area contributed by atoms with Crippen LogP contribution in [0.2, 0.25) is 0 Å². The molecule has 144 valence electrons. The number of carbonyl (C=O) groups is 1. The van der Waals surface area contributed by atoms with E-state index in [1.54, 1.807) is 18.2 Å². The summed E-state index contributed by atoms with van der Waals surface area (Å²) in [7, 11) is -3.90. The minimum atomic E-state index is -3.90. The zero-order chi connectivity index (χ0) is 20.0.